The van der Waals surface area contributed by atoms with E-state index in [2.05, 4.69) is 198 Å². The first kappa shape index (κ1) is 32.3. The van der Waals surface area contributed by atoms with Gasteiger partial charge in [0.05, 0.1) is 0 Å². The quantitative estimate of drug-likeness (QED) is 0.115. The lowest BCUT2D eigenvalue weighted by Crippen LogP contribution is -2.15. The molecule has 6 aromatic rings. The average Bonchev–Trinajstić information content (AvgIpc) is 3.12. The van der Waals surface area contributed by atoms with Gasteiger partial charge in [-0.25, -0.2) is 0 Å². The predicted octanol–water partition coefficient (Wildman–Crippen LogP) is 13.5. The lowest BCUT2D eigenvalue weighted by atomic mass is 9.94. The molecule has 0 amide bonds. The highest BCUT2D eigenvalue weighted by atomic mass is 15.1. The van der Waals surface area contributed by atoms with Gasteiger partial charge >= 0.3 is 0 Å². The molecule has 0 aliphatic carbocycles. The molecule has 0 unspecified atom stereocenters. The summed E-state index contributed by atoms with van der Waals surface area (Å²) in [5, 5.41) is 7.60. The van der Waals surface area contributed by atoms with Crippen LogP contribution in [0.25, 0.3) is 37.9 Å². The molecule has 6 aromatic carbocycles. The van der Waals surface area contributed by atoms with Crippen LogP contribution in [0, 0.1) is 13.8 Å². The van der Waals surface area contributed by atoms with Crippen molar-refractivity contribution < 1.29 is 0 Å². The SMILES string of the molecule is C=C(/C=C\C(=C/C)N(c1ccc(C)cc1)c1ccc2c3ccccc3c3ccccc3c2c1)/C(C)=C/C=C(/C)C(=C)c1ccccc1C. The second kappa shape index (κ2) is 14.0. The summed E-state index contributed by atoms with van der Waals surface area (Å²) in [5.41, 5.74) is 11.2. The largest absolute Gasteiger partial charge is 0.311 e. The van der Waals surface area contributed by atoms with E-state index in [9.17, 15) is 0 Å². The van der Waals surface area contributed by atoms with Crippen LogP contribution in [0.3, 0.4) is 0 Å². The Balaban J connectivity index is 1.37. The van der Waals surface area contributed by atoms with Crippen molar-refractivity contribution in [3.8, 4) is 0 Å². The monoisotopic (exact) mass is 621 g/mol. The number of aryl methyl sites for hydroxylation is 2. The first-order valence-corrected chi connectivity index (χ1v) is 16.6. The summed E-state index contributed by atoms with van der Waals surface area (Å²) in [4.78, 5) is 2.34. The van der Waals surface area contributed by atoms with Crippen molar-refractivity contribution in [1.82, 2.24) is 0 Å². The Kier molecular flexibility index (Phi) is 9.41. The van der Waals surface area contributed by atoms with Crippen LogP contribution in [0.5, 0.6) is 0 Å². The van der Waals surface area contributed by atoms with E-state index in [0.717, 1.165) is 39.4 Å². The van der Waals surface area contributed by atoms with Crippen LogP contribution in [-0.2, 0) is 0 Å². The summed E-state index contributed by atoms with van der Waals surface area (Å²) in [6.45, 7) is 19.4. The van der Waals surface area contributed by atoms with Gasteiger partial charge in [0.25, 0.3) is 0 Å². The van der Waals surface area contributed by atoms with E-state index in [0.29, 0.717) is 0 Å². The predicted molar refractivity (Wildman–Crippen MR) is 212 cm³/mol. The molecule has 0 heterocycles. The van der Waals surface area contributed by atoms with Gasteiger partial charge in [0.2, 0.25) is 0 Å². The van der Waals surface area contributed by atoms with Crippen LogP contribution in [0.15, 0.2) is 181 Å². The molecular weight excluding hydrogens is 579 g/mol. The number of hydrogen-bond donors (Lipinski definition) is 0. The third-order valence-corrected chi connectivity index (χ3v) is 9.32. The lowest BCUT2D eigenvalue weighted by molar-refractivity contribution is 1.20. The van der Waals surface area contributed by atoms with Gasteiger partial charge in [-0.15, -0.1) is 0 Å². The highest BCUT2D eigenvalue weighted by Crippen LogP contribution is 2.39. The lowest BCUT2D eigenvalue weighted by Gasteiger charge is -2.27. The van der Waals surface area contributed by atoms with Crippen LogP contribution in [-0.4, -0.2) is 0 Å². The molecule has 6 rings (SSSR count). The van der Waals surface area contributed by atoms with Crippen LogP contribution in [0.4, 0.5) is 11.4 Å². The molecule has 0 aliphatic heterocycles. The fraction of sp³-hybridized carbons (Fsp3) is 0.106. The maximum Gasteiger partial charge on any atom is 0.0468 e. The molecule has 0 atom stereocenters. The minimum absolute atomic E-state index is 0.958. The van der Waals surface area contributed by atoms with Crippen molar-refractivity contribution in [3.05, 3.63) is 198 Å². The molecule has 0 N–H and O–H groups in total. The number of fused-ring (bicyclic) bond motifs is 6. The number of anilines is 2. The van der Waals surface area contributed by atoms with E-state index in [1.165, 1.54) is 49.0 Å². The van der Waals surface area contributed by atoms with Crippen molar-refractivity contribution in [2.45, 2.75) is 34.6 Å². The maximum absolute atomic E-state index is 4.42. The summed E-state index contributed by atoms with van der Waals surface area (Å²) >= 11 is 0. The standard InChI is InChI=1S/C47H43N/c1-8-38(28-25-34(4)33(3)23-24-35(5)37(7)41-16-10-9-15-36(41)6)48(39-26-21-32(2)22-27-39)40-29-30-46-44-19-12-11-17-42(44)43-18-13-14-20-45(43)47(46)31-40/h8-31H,4,7H2,1-3,5-6H3/b28-25-,33-23+,35-24-,38-8+. The van der Waals surface area contributed by atoms with E-state index < -0.39 is 0 Å². The molecule has 0 bridgehead atoms. The van der Waals surface area contributed by atoms with Gasteiger partial charge in [0.1, 0.15) is 0 Å². The molecule has 1 heteroatoms. The van der Waals surface area contributed by atoms with Crippen LogP contribution in [0.1, 0.15) is 37.5 Å². The fourth-order valence-corrected chi connectivity index (χ4v) is 6.37. The fourth-order valence-electron chi connectivity index (χ4n) is 6.37. The Morgan fingerprint density at radius 3 is 1.69 bits per heavy atom. The van der Waals surface area contributed by atoms with Gasteiger partial charge in [-0.1, -0.05) is 134 Å². The van der Waals surface area contributed by atoms with E-state index in [4.69, 9.17) is 0 Å². The number of hydrogen-bond acceptors (Lipinski definition) is 1. The third-order valence-electron chi connectivity index (χ3n) is 9.32. The molecule has 0 aromatic heterocycles. The molecule has 48 heavy (non-hydrogen) atoms. The number of rotatable bonds is 9. The summed E-state index contributed by atoms with van der Waals surface area (Å²) in [6, 6.07) is 41.5. The average molecular weight is 622 g/mol. The van der Waals surface area contributed by atoms with E-state index >= 15 is 0 Å². The second-order valence-corrected chi connectivity index (χ2v) is 12.6. The van der Waals surface area contributed by atoms with Crippen molar-refractivity contribution >= 4 is 49.3 Å². The summed E-state index contributed by atoms with van der Waals surface area (Å²) < 4.78 is 0. The second-order valence-electron chi connectivity index (χ2n) is 12.6. The molecule has 0 radical (unpaired) electrons. The minimum atomic E-state index is 0.958. The van der Waals surface area contributed by atoms with Gasteiger partial charge in [-0.2, -0.15) is 0 Å². The Hall–Kier alpha value is -5.66. The van der Waals surface area contributed by atoms with Gasteiger partial charge in [0, 0.05) is 17.1 Å². The smallest absolute Gasteiger partial charge is 0.0468 e. The Bertz CT molecular complexity index is 2270. The Morgan fingerprint density at radius 2 is 1.08 bits per heavy atom. The summed E-state index contributed by atoms with van der Waals surface area (Å²) in [5.74, 6) is 0. The van der Waals surface area contributed by atoms with Crippen LogP contribution >= 0.6 is 0 Å². The summed E-state index contributed by atoms with van der Waals surface area (Å²) in [7, 11) is 0. The van der Waals surface area contributed by atoms with Crippen LogP contribution < -0.4 is 4.90 Å². The normalized spacial score (nSPS) is 12.7. The van der Waals surface area contributed by atoms with Crippen molar-refractivity contribution in [3.63, 3.8) is 0 Å². The van der Waals surface area contributed by atoms with E-state index in [1.54, 1.807) is 0 Å². The van der Waals surface area contributed by atoms with Gasteiger partial charge in [-0.3, -0.25) is 0 Å². The maximum atomic E-state index is 4.42. The molecule has 0 fully saturated rings. The molecular formula is C47H43N. The highest BCUT2D eigenvalue weighted by molar-refractivity contribution is 6.25. The zero-order valence-corrected chi connectivity index (χ0v) is 28.7. The molecule has 0 saturated carbocycles. The molecule has 0 spiro atoms. The van der Waals surface area contributed by atoms with Crippen molar-refractivity contribution in [2.75, 3.05) is 4.90 Å². The first-order chi connectivity index (χ1) is 23.3. The van der Waals surface area contributed by atoms with Gasteiger partial charge < -0.3 is 4.90 Å². The molecule has 236 valence electrons. The van der Waals surface area contributed by atoms with E-state index in [1.807, 2.05) is 0 Å². The molecule has 0 aliphatic rings. The summed E-state index contributed by atoms with van der Waals surface area (Å²) in [6.07, 6.45) is 10.7. The molecule has 0 saturated heterocycles. The first-order valence-electron chi connectivity index (χ1n) is 16.6. The molecule has 1 nitrogen and oxygen atoms in total. The number of allylic oxidation sites excluding steroid dienone is 9. The van der Waals surface area contributed by atoms with Gasteiger partial charge in [-0.05, 0) is 131 Å². The Morgan fingerprint density at radius 1 is 0.562 bits per heavy atom. The highest BCUT2D eigenvalue weighted by Gasteiger charge is 2.16. The third kappa shape index (κ3) is 6.46. The topological polar surface area (TPSA) is 3.24 Å². The number of nitrogens with zero attached hydrogens (tertiary/aromatic N) is 1. The number of benzene rings is 6. The van der Waals surface area contributed by atoms with E-state index in [-0.39, 0.29) is 0 Å². The van der Waals surface area contributed by atoms with Crippen molar-refractivity contribution in [1.29, 1.82) is 0 Å². The van der Waals surface area contributed by atoms with Crippen LogP contribution in [0.2, 0.25) is 0 Å². The minimum Gasteiger partial charge on any atom is -0.311 e. The zero-order chi connectivity index (χ0) is 33.8. The van der Waals surface area contributed by atoms with Crippen molar-refractivity contribution in [2.24, 2.45) is 0 Å². The zero-order valence-electron chi connectivity index (χ0n) is 28.7. The Labute approximate surface area is 285 Å². The van der Waals surface area contributed by atoms with Gasteiger partial charge in [0.15, 0.2) is 0 Å².